The Balaban J connectivity index is 1.66. The Hall–Kier alpha value is -3.25. The van der Waals surface area contributed by atoms with Gasteiger partial charge in [-0.15, -0.1) is 0 Å². The Morgan fingerprint density at radius 2 is 1.97 bits per heavy atom. The van der Waals surface area contributed by atoms with E-state index >= 15 is 0 Å². The second-order valence-corrected chi connectivity index (χ2v) is 10.1. The summed E-state index contributed by atoms with van der Waals surface area (Å²) in [6.07, 6.45) is 0.625. The minimum Gasteiger partial charge on any atom is -0.481 e. The average Bonchev–Trinajstić information content (AvgIpc) is 3.03. The molecule has 0 bridgehead atoms. The zero-order valence-electron chi connectivity index (χ0n) is 18.1. The number of aromatic nitrogens is 3. The van der Waals surface area contributed by atoms with Gasteiger partial charge in [0.2, 0.25) is 5.88 Å². The maximum atomic E-state index is 14.3. The lowest BCUT2D eigenvalue weighted by atomic mass is 10.1. The summed E-state index contributed by atoms with van der Waals surface area (Å²) < 4.78 is 48.3. The van der Waals surface area contributed by atoms with Gasteiger partial charge in [-0.2, -0.15) is 13.4 Å². The van der Waals surface area contributed by atoms with Crippen LogP contribution >= 0.6 is 0 Å². The number of rotatable bonds is 6. The van der Waals surface area contributed by atoms with Gasteiger partial charge < -0.3 is 9.84 Å². The van der Waals surface area contributed by atoms with E-state index in [1.165, 1.54) is 23.8 Å². The number of carbonyl (C=O) groups is 1. The molecular weight excluding hydrogens is 455 g/mol. The third-order valence-electron chi connectivity index (χ3n) is 5.92. The maximum Gasteiger partial charge on any atom is 0.331 e. The van der Waals surface area contributed by atoms with Crippen LogP contribution in [0, 0.1) is 12.7 Å². The number of carboxylic acid groups (broad SMARTS) is 1. The minimum atomic E-state index is -3.95. The van der Waals surface area contributed by atoms with Crippen LogP contribution in [0.4, 0.5) is 4.39 Å². The molecule has 0 amide bonds. The van der Waals surface area contributed by atoms with Crippen LogP contribution in [-0.4, -0.2) is 53.8 Å². The Kier molecular flexibility index (Phi) is 5.97. The molecule has 3 heterocycles. The molecule has 176 valence electrons. The quantitative estimate of drug-likeness (QED) is 0.523. The van der Waals surface area contributed by atoms with Crippen LogP contribution in [0.15, 0.2) is 40.0 Å². The number of pyridine rings is 1. The molecule has 0 aliphatic carbocycles. The smallest absolute Gasteiger partial charge is 0.331 e. The van der Waals surface area contributed by atoms with E-state index in [1.807, 2.05) is 0 Å². The SMILES string of the molecule is COc1ccc2c(n1)n(C1CC[NH+](S(=O)(=O)c3ccc(C)cc3F)CC1)c(=O)n2CC(=O)O. The zero-order chi connectivity index (χ0) is 23.9. The average molecular weight is 480 g/mol. The van der Waals surface area contributed by atoms with Gasteiger partial charge >= 0.3 is 21.7 Å². The molecule has 3 aromatic rings. The zero-order valence-corrected chi connectivity index (χ0v) is 18.9. The van der Waals surface area contributed by atoms with E-state index in [9.17, 15) is 27.5 Å². The lowest BCUT2D eigenvalue weighted by Gasteiger charge is -2.29. The van der Waals surface area contributed by atoms with Crippen molar-refractivity contribution in [3.8, 4) is 5.88 Å². The lowest BCUT2D eigenvalue weighted by Crippen LogP contribution is -3.14. The van der Waals surface area contributed by atoms with Gasteiger partial charge in [-0.3, -0.25) is 13.9 Å². The second-order valence-electron chi connectivity index (χ2n) is 8.04. The van der Waals surface area contributed by atoms with Crippen LogP contribution in [0.5, 0.6) is 5.88 Å². The molecule has 1 fully saturated rings. The van der Waals surface area contributed by atoms with E-state index in [1.54, 1.807) is 25.1 Å². The largest absolute Gasteiger partial charge is 0.481 e. The number of ether oxygens (including phenoxy) is 1. The van der Waals surface area contributed by atoms with Crippen molar-refractivity contribution in [3.05, 3.63) is 52.2 Å². The number of quaternary nitrogens is 1. The molecule has 0 atom stereocenters. The number of benzene rings is 1. The highest BCUT2D eigenvalue weighted by Crippen LogP contribution is 2.24. The predicted octanol–water partition coefficient (Wildman–Crippen LogP) is 0.347. The number of fused-ring (bicyclic) bond motifs is 1. The Morgan fingerprint density at radius 3 is 2.58 bits per heavy atom. The number of sulfonamides is 1. The lowest BCUT2D eigenvalue weighted by molar-refractivity contribution is -0.775. The molecule has 12 heteroatoms. The van der Waals surface area contributed by atoms with Gasteiger partial charge in [-0.05, 0) is 30.7 Å². The van der Waals surface area contributed by atoms with Crippen molar-refractivity contribution in [1.82, 2.24) is 14.1 Å². The third kappa shape index (κ3) is 4.11. The highest BCUT2D eigenvalue weighted by Gasteiger charge is 2.36. The summed E-state index contributed by atoms with van der Waals surface area (Å²) in [4.78, 5) is 28.4. The van der Waals surface area contributed by atoms with Crippen molar-refractivity contribution in [1.29, 1.82) is 0 Å². The summed E-state index contributed by atoms with van der Waals surface area (Å²) in [6.45, 7) is 1.46. The molecule has 0 spiro atoms. The molecular formula is C21H24FN4O6S+. The van der Waals surface area contributed by atoms with Gasteiger partial charge in [0, 0.05) is 18.9 Å². The number of methoxy groups -OCH3 is 1. The third-order valence-corrected chi connectivity index (χ3v) is 8.00. The number of hydrogen-bond donors (Lipinski definition) is 2. The monoisotopic (exact) mass is 479 g/mol. The van der Waals surface area contributed by atoms with Gasteiger partial charge in [0.1, 0.15) is 12.4 Å². The van der Waals surface area contributed by atoms with Gasteiger partial charge in [0.25, 0.3) is 0 Å². The van der Waals surface area contributed by atoms with Crippen LogP contribution in [-0.2, 0) is 21.4 Å². The second kappa shape index (κ2) is 8.60. The van der Waals surface area contributed by atoms with Crippen molar-refractivity contribution in [2.75, 3.05) is 20.2 Å². The standard InChI is InChI=1S/C21H23FN4O6S/c1-13-3-5-17(15(22)11-13)33(30,31)24-9-7-14(8-10-24)26-20-16(4-6-18(23-20)32-2)25(21(26)29)12-19(27)28/h3-6,11,14H,7-10,12H2,1-2H3,(H,27,28)/p+1. The summed E-state index contributed by atoms with van der Waals surface area (Å²) in [5.41, 5.74) is 0.725. The van der Waals surface area contributed by atoms with Gasteiger partial charge in [0.15, 0.2) is 10.5 Å². The molecule has 10 nitrogen and oxygen atoms in total. The molecule has 1 aliphatic rings. The Bertz CT molecular complexity index is 1390. The topological polar surface area (TPSA) is 125 Å². The van der Waals surface area contributed by atoms with Crippen LogP contribution < -0.4 is 14.7 Å². The summed E-state index contributed by atoms with van der Waals surface area (Å²) in [5, 5.41) is 9.23. The normalized spacial score (nSPS) is 19.0. The van der Waals surface area contributed by atoms with Crippen molar-refractivity contribution in [2.45, 2.75) is 37.2 Å². The van der Waals surface area contributed by atoms with Gasteiger partial charge in [-0.25, -0.2) is 13.5 Å². The molecule has 2 aromatic heterocycles. The molecule has 1 aliphatic heterocycles. The predicted molar refractivity (Wildman–Crippen MR) is 115 cm³/mol. The van der Waals surface area contributed by atoms with E-state index in [-0.39, 0.29) is 33.8 Å². The first kappa shape index (κ1) is 22.9. The molecule has 0 unspecified atom stereocenters. The molecule has 2 N–H and O–H groups in total. The first-order valence-corrected chi connectivity index (χ1v) is 11.8. The molecule has 0 radical (unpaired) electrons. The molecule has 1 saturated heterocycles. The number of imidazole rings is 1. The summed E-state index contributed by atoms with van der Waals surface area (Å²) >= 11 is 0. The van der Waals surface area contributed by atoms with Crippen molar-refractivity contribution in [2.24, 2.45) is 0 Å². The molecule has 0 saturated carbocycles. The number of nitrogens with one attached hydrogen (secondary N) is 1. The fraction of sp³-hybridized carbons (Fsp3) is 0.381. The number of hydrogen-bond acceptors (Lipinski definition) is 6. The van der Waals surface area contributed by atoms with E-state index in [0.29, 0.717) is 23.9 Å². The molecule has 33 heavy (non-hydrogen) atoms. The van der Waals surface area contributed by atoms with Crippen molar-refractivity contribution >= 4 is 27.2 Å². The summed E-state index contributed by atoms with van der Waals surface area (Å²) in [7, 11) is -2.52. The highest BCUT2D eigenvalue weighted by atomic mass is 32.2. The first-order valence-electron chi connectivity index (χ1n) is 10.4. The van der Waals surface area contributed by atoms with Crippen LogP contribution in [0.25, 0.3) is 11.2 Å². The first-order chi connectivity index (χ1) is 15.6. The van der Waals surface area contributed by atoms with E-state index in [2.05, 4.69) is 4.98 Å². The minimum absolute atomic E-state index is 0.155. The van der Waals surface area contributed by atoms with Gasteiger partial charge in [0.05, 0.1) is 31.8 Å². The summed E-state index contributed by atoms with van der Waals surface area (Å²) in [5.74, 6) is -1.68. The van der Waals surface area contributed by atoms with Crippen LogP contribution in [0.1, 0.15) is 24.4 Å². The van der Waals surface area contributed by atoms with E-state index < -0.39 is 40.1 Å². The molecule has 1 aromatic carbocycles. The molecule has 4 rings (SSSR count). The highest BCUT2D eigenvalue weighted by molar-refractivity contribution is 7.85. The number of piperidine rings is 1. The fourth-order valence-corrected chi connectivity index (χ4v) is 5.94. The Labute approximate surface area is 188 Å². The van der Waals surface area contributed by atoms with Crippen molar-refractivity contribution < 1.29 is 31.8 Å². The summed E-state index contributed by atoms with van der Waals surface area (Å²) in [6, 6.07) is 6.75. The number of aliphatic carboxylic acids is 1. The number of aryl methyl sites for hydroxylation is 1. The van der Waals surface area contributed by atoms with Gasteiger partial charge in [-0.1, -0.05) is 6.07 Å². The number of halogens is 1. The number of carboxylic acids is 1. The van der Waals surface area contributed by atoms with Crippen LogP contribution in [0.2, 0.25) is 0 Å². The van der Waals surface area contributed by atoms with E-state index in [0.717, 1.165) is 4.57 Å². The fourth-order valence-electron chi connectivity index (χ4n) is 4.30. The Morgan fingerprint density at radius 1 is 1.27 bits per heavy atom. The number of nitrogens with zero attached hydrogens (tertiary/aromatic N) is 3. The van der Waals surface area contributed by atoms with Crippen molar-refractivity contribution in [3.63, 3.8) is 0 Å². The maximum absolute atomic E-state index is 14.3. The van der Waals surface area contributed by atoms with E-state index in [4.69, 9.17) is 4.74 Å². The van der Waals surface area contributed by atoms with Crippen LogP contribution in [0.3, 0.4) is 0 Å².